The van der Waals surface area contributed by atoms with Crippen LogP contribution in [0.5, 0.6) is 0 Å². The number of hydrogen-bond acceptors (Lipinski definition) is 9. The van der Waals surface area contributed by atoms with Crippen molar-refractivity contribution in [2.24, 2.45) is 0 Å². The molecule has 0 saturated carbocycles. The molecule has 0 aliphatic carbocycles. The molecule has 0 bridgehead atoms. The lowest BCUT2D eigenvalue weighted by Crippen LogP contribution is -2.35. The molecule has 0 radical (unpaired) electrons. The van der Waals surface area contributed by atoms with E-state index in [0.29, 0.717) is 24.0 Å². The van der Waals surface area contributed by atoms with E-state index in [-0.39, 0.29) is 0 Å². The van der Waals surface area contributed by atoms with Crippen LogP contribution in [-0.4, -0.2) is 66.0 Å². The number of aryl methyl sites for hydroxylation is 1. The maximum Gasteiger partial charge on any atom is 0.300 e. The predicted molar refractivity (Wildman–Crippen MR) is 99.0 cm³/mol. The number of H-pyrrole nitrogens is 1. The molecule has 0 spiro atoms. The summed E-state index contributed by atoms with van der Waals surface area (Å²) >= 11 is 0. The molecule has 5 rings (SSSR count). The highest BCUT2D eigenvalue weighted by atomic mass is 16.5. The van der Waals surface area contributed by atoms with Crippen molar-refractivity contribution in [3.05, 3.63) is 36.4 Å². The molecule has 11 heteroatoms. The predicted octanol–water partition coefficient (Wildman–Crippen LogP) is 1.39. The molecule has 11 nitrogen and oxygen atoms in total. The van der Waals surface area contributed by atoms with Crippen molar-refractivity contribution < 1.29 is 9.15 Å². The van der Waals surface area contributed by atoms with Crippen LogP contribution in [0.1, 0.15) is 11.5 Å². The third-order valence-electron chi connectivity index (χ3n) is 4.67. The fraction of sp³-hybridized carbons (Fsp3) is 0.353. The standard InChI is InChI=1S/C17H19N9O2/c1-11-13(7-21-24-11)14-8-18-15(16-20-10-22-26(14)16)23-17-19-6-12(28-17)9-25-2-4-27-5-3-25/h6-8,10H,2-5,9H2,1H3,(H,21,24)(H,18,19,23). The number of fused-ring (bicyclic) bond motifs is 1. The Hall–Kier alpha value is -3.31. The van der Waals surface area contributed by atoms with E-state index in [0.717, 1.165) is 49.0 Å². The van der Waals surface area contributed by atoms with Gasteiger partial charge >= 0.3 is 6.01 Å². The van der Waals surface area contributed by atoms with Gasteiger partial charge in [0.1, 0.15) is 12.1 Å². The van der Waals surface area contributed by atoms with Gasteiger partial charge in [0.2, 0.25) is 0 Å². The Morgan fingerprint density at radius 1 is 1.14 bits per heavy atom. The minimum absolute atomic E-state index is 0.368. The molecule has 1 saturated heterocycles. The Bertz CT molecular complexity index is 1090. The van der Waals surface area contributed by atoms with Crippen LogP contribution in [-0.2, 0) is 11.3 Å². The molecule has 28 heavy (non-hydrogen) atoms. The molecule has 0 unspecified atom stereocenters. The minimum Gasteiger partial charge on any atom is -0.427 e. The van der Waals surface area contributed by atoms with E-state index in [9.17, 15) is 0 Å². The molecule has 0 aromatic carbocycles. The Morgan fingerprint density at radius 2 is 2.04 bits per heavy atom. The van der Waals surface area contributed by atoms with Crippen molar-refractivity contribution in [2.45, 2.75) is 13.5 Å². The number of anilines is 2. The number of aromatic amines is 1. The van der Waals surface area contributed by atoms with Gasteiger partial charge in [0.15, 0.2) is 11.5 Å². The molecular weight excluding hydrogens is 362 g/mol. The second-order valence-electron chi connectivity index (χ2n) is 6.54. The molecular formula is C17H19N9O2. The first-order valence-electron chi connectivity index (χ1n) is 8.99. The van der Waals surface area contributed by atoms with E-state index in [1.165, 1.54) is 6.33 Å². The summed E-state index contributed by atoms with van der Waals surface area (Å²) < 4.78 is 12.9. The summed E-state index contributed by atoms with van der Waals surface area (Å²) in [7, 11) is 0. The van der Waals surface area contributed by atoms with Crippen LogP contribution >= 0.6 is 0 Å². The van der Waals surface area contributed by atoms with Crippen LogP contribution in [0, 0.1) is 6.92 Å². The zero-order chi connectivity index (χ0) is 18.9. The molecule has 4 aromatic rings. The van der Waals surface area contributed by atoms with Gasteiger partial charge in [-0.15, -0.1) is 0 Å². The summed E-state index contributed by atoms with van der Waals surface area (Å²) in [5.74, 6) is 1.30. The first kappa shape index (κ1) is 16.8. The first-order valence-corrected chi connectivity index (χ1v) is 8.99. The highest BCUT2D eigenvalue weighted by Crippen LogP contribution is 2.25. The lowest BCUT2D eigenvalue weighted by atomic mass is 10.2. The van der Waals surface area contributed by atoms with Crippen LogP contribution in [0.4, 0.5) is 11.8 Å². The lowest BCUT2D eigenvalue weighted by molar-refractivity contribution is 0.0314. The van der Waals surface area contributed by atoms with Crippen LogP contribution in [0.25, 0.3) is 16.9 Å². The van der Waals surface area contributed by atoms with Crippen molar-refractivity contribution in [1.82, 2.24) is 39.7 Å². The van der Waals surface area contributed by atoms with E-state index in [1.54, 1.807) is 23.1 Å². The van der Waals surface area contributed by atoms with Gasteiger partial charge in [-0.05, 0) is 6.92 Å². The average Bonchev–Trinajstić information content (AvgIpc) is 3.45. The molecule has 1 aliphatic rings. The summed E-state index contributed by atoms with van der Waals surface area (Å²) in [6.07, 6.45) is 6.68. The SMILES string of the molecule is Cc1[nH]ncc1-c1cnc(Nc2ncc(CN3CCOCC3)o2)c2ncnn12. The zero-order valence-corrected chi connectivity index (χ0v) is 15.3. The van der Waals surface area contributed by atoms with E-state index in [4.69, 9.17) is 9.15 Å². The number of nitrogens with zero attached hydrogens (tertiary/aromatic N) is 7. The third kappa shape index (κ3) is 3.10. The Balaban J connectivity index is 1.39. The van der Waals surface area contributed by atoms with E-state index in [1.807, 2.05) is 6.92 Å². The molecule has 0 atom stereocenters. The van der Waals surface area contributed by atoms with Crippen molar-refractivity contribution in [3.63, 3.8) is 0 Å². The molecule has 144 valence electrons. The van der Waals surface area contributed by atoms with Gasteiger partial charge < -0.3 is 9.15 Å². The maximum atomic E-state index is 5.82. The zero-order valence-electron chi connectivity index (χ0n) is 15.3. The first-order chi connectivity index (χ1) is 13.8. The number of aromatic nitrogens is 7. The summed E-state index contributed by atoms with van der Waals surface area (Å²) in [5, 5.41) is 14.4. The number of nitrogens with one attached hydrogen (secondary N) is 2. The van der Waals surface area contributed by atoms with Gasteiger partial charge in [0, 0.05) is 24.3 Å². The van der Waals surface area contributed by atoms with Crippen molar-refractivity contribution in [2.75, 3.05) is 31.6 Å². The van der Waals surface area contributed by atoms with Gasteiger partial charge in [0.25, 0.3) is 0 Å². The molecule has 0 amide bonds. The van der Waals surface area contributed by atoms with Gasteiger partial charge in [0.05, 0.1) is 44.0 Å². The summed E-state index contributed by atoms with van der Waals surface area (Å²) in [4.78, 5) is 15.4. The van der Waals surface area contributed by atoms with E-state index in [2.05, 4.69) is 40.5 Å². The molecule has 1 fully saturated rings. The van der Waals surface area contributed by atoms with Crippen LogP contribution in [0.15, 0.2) is 29.3 Å². The molecule has 4 aromatic heterocycles. The number of ether oxygens (including phenoxy) is 1. The maximum absolute atomic E-state index is 5.82. The van der Waals surface area contributed by atoms with Gasteiger partial charge in [-0.1, -0.05) is 0 Å². The summed E-state index contributed by atoms with van der Waals surface area (Å²) in [6.45, 7) is 5.91. The highest BCUT2D eigenvalue weighted by molar-refractivity contribution is 5.72. The van der Waals surface area contributed by atoms with Crippen LogP contribution in [0.2, 0.25) is 0 Å². The molecule has 2 N–H and O–H groups in total. The smallest absolute Gasteiger partial charge is 0.300 e. The average molecular weight is 381 g/mol. The van der Waals surface area contributed by atoms with Gasteiger partial charge in [-0.3, -0.25) is 15.3 Å². The number of oxazole rings is 1. The summed E-state index contributed by atoms with van der Waals surface area (Å²) in [5.41, 5.74) is 3.22. The Morgan fingerprint density at radius 3 is 2.86 bits per heavy atom. The van der Waals surface area contributed by atoms with Gasteiger partial charge in [-0.25, -0.2) is 19.5 Å². The minimum atomic E-state index is 0.368. The van der Waals surface area contributed by atoms with E-state index >= 15 is 0 Å². The summed E-state index contributed by atoms with van der Waals surface area (Å²) in [6, 6.07) is 0.368. The highest BCUT2D eigenvalue weighted by Gasteiger charge is 2.17. The second kappa shape index (κ2) is 7.02. The number of rotatable bonds is 5. The normalized spacial score (nSPS) is 15.3. The van der Waals surface area contributed by atoms with Crippen molar-refractivity contribution in [3.8, 4) is 11.3 Å². The van der Waals surface area contributed by atoms with Crippen LogP contribution < -0.4 is 5.32 Å². The fourth-order valence-electron chi connectivity index (χ4n) is 3.22. The second-order valence-corrected chi connectivity index (χ2v) is 6.54. The monoisotopic (exact) mass is 381 g/mol. The third-order valence-corrected chi connectivity index (χ3v) is 4.67. The number of morpholine rings is 1. The lowest BCUT2D eigenvalue weighted by Gasteiger charge is -2.25. The largest absolute Gasteiger partial charge is 0.427 e. The Kier molecular flexibility index (Phi) is 4.22. The molecule has 1 aliphatic heterocycles. The number of hydrogen-bond donors (Lipinski definition) is 2. The van der Waals surface area contributed by atoms with Crippen molar-refractivity contribution in [1.29, 1.82) is 0 Å². The van der Waals surface area contributed by atoms with Crippen molar-refractivity contribution >= 4 is 17.5 Å². The fourth-order valence-corrected chi connectivity index (χ4v) is 3.22. The van der Waals surface area contributed by atoms with Gasteiger partial charge in [-0.2, -0.15) is 10.2 Å². The Labute approximate surface area is 159 Å². The van der Waals surface area contributed by atoms with E-state index < -0.39 is 0 Å². The van der Waals surface area contributed by atoms with Crippen LogP contribution in [0.3, 0.4) is 0 Å². The molecule has 5 heterocycles. The topological polar surface area (TPSA) is 122 Å². The quantitative estimate of drug-likeness (QED) is 0.528.